The monoisotopic (exact) mass is 524 g/mol. The van der Waals surface area contributed by atoms with Crippen molar-refractivity contribution in [3.63, 3.8) is 0 Å². The van der Waals surface area contributed by atoms with Crippen LogP contribution in [0.5, 0.6) is 5.75 Å². The highest BCUT2D eigenvalue weighted by Gasteiger charge is 2.26. The van der Waals surface area contributed by atoms with E-state index in [0.29, 0.717) is 23.1 Å². The molecule has 8 heteroatoms. The number of halogens is 1. The Morgan fingerprint density at radius 3 is 2.63 bits per heavy atom. The van der Waals surface area contributed by atoms with Gasteiger partial charge in [-0.2, -0.15) is 0 Å². The van der Waals surface area contributed by atoms with Gasteiger partial charge < -0.3 is 15.6 Å². The number of carbonyl (C=O) groups is 1. The van der Waals surface area contributed by atoms with Crippen LogP contribution in [-0.2, 0) is 16.9 Å². The van der Waals surface area contributed by atoms with Crippen molar-refractivity contribution >= 4 is 40.7 Å². The number of hydrogen-bond acceptors (Lipinski definition) is 6. The Morgan fingerprint density at radius 1 is 1.11 bits per heavy atom. The Kier molecular flexibility index (Phi) is 8.13. The van der Waals surface area contributed by atoms with Gasteiger partial charge in [0.05, 0.1) is 15.4 Å². The Balaban J connectivity index is 1.44. The van der Waals surface area contributed by atoms with Crippen LogP contribution in [0.2, 0.25) is 5.02 Å². The van der Waals surface area contributed by atoms with Crippen molar-refractivity contribution in [2.75, 3.05) is 0 Å². The molecule has 0 spiro atoms. The lowest BCUT2D eigenvalue weighted by Crippen LogP contribution is -2.33. The SMILES string of the molecule is C[C@](N)(CCC(=O)O)c1ncc(-c2ccc(Sc3cccc(OCc4ccccc4)c3)cc2Cl)s1. The number of benzene rings is 3. The van der Waals surface area contributed by atoms with Gasteiger partial charge in [-0.1, -0.05) is 65.8 Å². The minimum absolute atomic E-state index is 0.00686. The zero-order valence-corrected chi connectivity index (χ0v) is 21.5. The van der Waals surface area contributed by atoms with Crippen molar-refractivity contribution in [1.82, 2.24) is 4.98 Å². The third kappa shape index (κ3) is 6.86. The van der Waals surface area contributed by atoms with Crippen molar-refractivity contribution in [3.8, 4) is 16.2 Å². The number of rotatable bonds is 10. The summed E-state index contributed by atoms with van der Waals surface area (Å²) in [6, 6.07) is 24.0. The van der Waals surface area contributed by atoms with E-state index in [1.165, 1.54) is 11.3 Å². The number of hydrogen-bond donors (Lipinski definition) is 2. The first kappa shape index (κ1) is 25.3. The molecule has 3 N–H and O–H groups in total. The summed E-state index contributed by atoms with van der Waals surface area (Å²) in [5, 5.41) is 10.3. The van der Waals surface area contributed by atoms with Crippen LogP contribution in [0.15, 0.2) is 88.8 Å². The number of carboxylic acid groups (broad SMARTS) is 1. The summed E-state index contributed by atoms with van der Waals surface area (Å²) in [6.45, 7) is 2.32. The van der Waals surface area contributed by atoms with E-state index in [0.717, 1.165) is 31.5 Å². The second-order valence-electron chi connectivity index (χ2n) is 8.33. The average Bonchev–Trinajstić information content (AvgIpc) is 3.34. The second-order valence-corrected chi connectivity index (χ2v) is 10.9. The summed E-state index contributed by atoms with van der Waals surface area (Å²) in [5.74, 6) is -0.0608. The molecule has 35 heavy (non-hydrogen) atoms. The first-order valence-electron chi connectivity index (χ1n) is 11.0. The maximum absolute atomic E-state index is 10.9. The molecule has 4 aromatic rings. The largest absolute Gasteiger partial charge is 0.489 e. The van der Waals surface area contributed by atoms with E-state index in [-0.39, 0.29) is 6.42 Å². The van der Waals surface area contributed by atoms with Crippen LogP contribution in [0.3, 0.4) is 0 Å². The van der Waals surface area contributed by atoms with Gasteiger partial charge in [0.25, 0.3) is 0 Å². The fourth-order valence-electron chi connectivity index (χ4n) is 3.40. The zero-order valence-electron chi connectivity index (χ0n) is 19.1. The van der Waals surface area contributed by atoms with Crippen LogP contribution in [0.1, 0.15) is 30.3 Å². The molecule has 0 bridgehead atoms. The molecule has 5 nitrogen and oxygen atoms in total. The third-order valence-corrected chi connectivity index (χ3v) is 7.95. The molecule has 1 heterocycles. The number of nitrogens with two attached hydrogens (primary N) is 1. The number of aromatic nitrogens is 1. The van der Waals surface area contributed by atoms with Gasteiger partial charge in [0.1, 0.15) is 17.4 Å². The second kappa shape index (κ2) is 11.3. The van der Waals surface area contributed by atoms with Crippen LogP contribution in [-0.4, -0.2) is 16.1 Å². The molecule has 1 atom stereocenters. The smallest absolute Gasteiger partial charge is 0.303 e. The number of thiazole rings is 1. The van der Waals surface area contributed by atoms with Crippen LogP contribution in [0.4, 0.5) is 0 Å². The van der Waals surface area contributed by atoms with Crippen LogP contribution in [0.25, 0.3) is 10.4 Å². The lowest BCUT2D eigenvalue weighted by molar-refractivity contribution is -0.137. The fraction of sp³-hybridized carbons (Fsp3) is 0.185. The van der Waals surface area contributed by atoms with Crippen molar-refractivity contribution in [2.24, 2.45) is 5.73 Å². The van der Waals surface area contributed by atoms with E-state index in [2.05, 4.69) is 4.98 Å². The first-order chi connectivity index (χ1) is 16.8. The van der Waals surface area contributed by atoms with E-state index >= 15 is 0 Å². The molecule has 0 radical (unpaired) electrons. The van der Waals surface area contributed by atoms with E-state index in [1.54, 1.807) is 24.9 Å². The van der Waals surface area contributed by atoms with Gasteiger partial charge >= 0.3 is 5.97 Å². The predicted molar refractivity (Wildman–Crippen MR) is 142 cm³/mol. The molecule has 0 aliphatic heterocycles. The summed E-state index contributed by atoms with van der Waals surface area (Å²) in [5.41, 5.74) is 7.51. The van der Waals surface area contributed by atoms with Crippen molar-refractivity contribution in [3.05, 3.63) is 94.6 Å². The molecule has 1 aromatic heterocycles. The highest BCUT2D eigenvalue weighted by Crippen LogP contribution is 2.39. The molecule has 0 saturated carbocycles. The van der Waals surface area contributed by atoms with E-state index in [1.807, 2.05) is 72.8 Å². The number of ether oxygens (including phenoxy) is 1. The van der Waals surface area contributed by atoms with Gasteiger partial charge in [-0.25, -0.2) is 4.98 Å². The molecular formula is C27H25ClN2O3S2. The number of nitrogens with zero attached hydrogens (tertiary/aromatic N) is 1. The molecule has 0 saturated heterocycles. The van der Waals surface area contributed by atoms with Gasteiger partial charge in [0, 0.05) is 28.0 Å². The van der Waals surface area contributed by atoms with E-state index in [9.17, 15) is 4.79 Å². The summed E-state index contributed by atoms with van der Waals surface area (Å²) >= 11 is 9.68. The highest BCUT2D eigenvalue weighted by molar-refractivity contribution is 7.99. The Bertz CT molecular complexity index is 1310. The molecule has 0 unspecified atom stereocenters. The van der Waals surface area contributed by atoms with Gasteiger partial charge in [-0.3, -0.25) is 4.79 Å². The zero-order chi connectivity index (χ0) is 24.8. The molecule has 4 rings (SSSR count). The number of aliphatic carboxylic acids is 1. The first-order valence-corrected chi connectivity index (χ1v) is 13.0. The minimum atomic E-state index is -0.872. The molecule has 3 aromatic carbocycles. The van der Waals surface area contributed by atoms with Crippen molar-refractivity contribution in [2.45, 2.75) is 41.7 Å². The van der Waals surface area contributed by atoms with Gasteiger partial charge in [-0.05, 0) is 49.2 Å². The molecular weight excluding hydrogens is 500 g/mol. The minimum Gasteiger partial charge on any atom is -0.489 e. The van der Waals surface area contributed by atoms with Crippen molar-refractivity contribution < 1.29 is 14.6 Å². The topological polar surface area (TPSA) is 85.4 Å². The van der Waals surface area contributed by atoms with Gasteiger partial charge in [-0.15, -0.1) is 11.3 Å². The number of carboxylic acids is 1. The molecule has 0 aliphatic carbocycles. The Hall–Kier alpha value is -2.84. The normalized spacial score (nSPS) is 12.8. The fourth-order valence-corrected chi connectivity index (χ4v) is 5.75. The Labute approximate surface area is 217 Å². The molecule has 0 aliphatic rings. The summed E-state index contributed by atoms with van der Waals surface area (Å²) in [7, 11) is 0. The predicted octanol–water partition coefficient (Wildman–Crippen LogP) is 7.23. The van der Waals surface area contributed by atoms with Gasteiger partial charge in [0.2, 0.25) is 0 Å². The molecule has 0 fully saturated rings. The van der Waals surface area contributed by atoms with Crippen molar-refractivity contribution in [1.29, 1.82) is 0 Å². The summed E-state index contributed by atoms with van der Waals surface area (Å²) in [4.78, 5) is 18.3. The third-order valence-electron chi connectivity index (χ3n) is 5.35. The molecule has 0 amide bonds. The maximum atomic E-state index is 10.9. The standard InChI is InChI=1S/C27H25ClN2O3S2/c1-27(29,13-12-25(31)32)26-30-16-24(35-26)22-11-10-21(15-23(22)28)34-20-9-5-8-19(14-20)33-17-18-6-3-2-4-7-18/h2-11,14-16H,12-13,17,29H2,1H3,(H,31,32)/t27-/m0/s1. The van der Waals surface area contributed by atoms with Gasteiger partial charge in [0.15, 0.2) is 0 Å². The van der Waals surface area contributed by atoms with Crippen LogP contribution in [0, 0.1) is 0 Å². The van der Waals surface area contributed by atoms with E-state index < -0.39 is 11.5 Å². The van der Waals surface area contributed by atoms with Crippen LogP contribution >= 0.6 is 34.7 Å². The average molecular weight is 525 g/mol. The lowest BCUT2D eigenvalue weighted by atomic mass is 9.98. The van der Waals surface area contributed by atoms with E-state index in [4.69, 9.17) is 27.2 Å². The molecule has 180 valence electrons. The summed E-state index contributed by atoms with van der Waals surface area (Å²) < 4.78 is 5.94. The Morgan fingerprint density at radius 2 is 1.89 bits per heavy atom. The van der Waals surface area contributed by atoms with Crippen LogP contribution < -0.4 is 10.5 Å². The maximum Gasteiger partial charge on any atom is 0.303 e. The quantitative estimate of drug-likeness (QED) is 0.227. The highest BCUT2D eigenvalue weighted by atomic mass is 35.5. The summed E-state index contributed by atoms with van der Waals surface area (Å²) in [6.07, 6.45) is 2.05. The lowest BCUT2D eigenvalue weighted by Gasteiger charge is -2.20.